The fourth-order valence-corrected chi connectivity index (χ4v) is 0.964. The Bertz CT molecular complexity index is 405. The zero-order valence-corrected chi connectivity index (χ0v) is 9.78. The maximum atomic E-state index is 11.1. The van der Waals surface area contributed by atoms with Gasteiger partial charge in [-0.25, -0.2) is 5.84 Å². The van der Waals surface area contributed by atoms with Crippen LogP contribution in [0.5, 0.6) is 0 Å². The number of hydrogen-bond acceptors (Lipinski definition) is 4. The van der Waals surface area contributed by atoms with Gasteiger partial charge in [0.05, 0.1) is 11.9 Å². The summed E-state index contributed by atoms with van der Waals surface area (Å²) in [4.78, 5) is 20.1. The molecule has 0 fully saturated rings. The molecule has 1 amide bonds. The van der Waals surface area contributed by atoms with Crippen molar-refractivity contribution in [3.8, 4) is 6.07 Å². The van der Waals surface area contributed by atoms with E-state index in [4.69, 9.17) is 27.5 Å². The van der Waals surface area contributed by atoms with E-state index in [1.54, 1.807) is 12.2 Å². The normalized spacial score (nSPS) is 13.0. The Labute approximate surface area is 104 Å². The molecule has 1 rings (SSSR count). The third-order valence-electron chi connectivity index (χ3n) is 1.68. The minimum Gasteiger partial charge on any atom is -0.302 e. The minimum atomic E-state index is -0.390. The number of carbonyl (C=O) groups is 2. The van der Waals surface area contributed by atoms with Crippen LogP contribution in [0.3, 0.4) is 0 Å². The molecule has 90 valence electrons. The van der Waals surface area contributed by atoms with E-state index in [1.807, 2.05) is 17.6 Å². The fourth-order valence-electron chi connectivity index (χ4n) is 0.964. The first-order valence-corrected chi connectivity index (χ1v) is 5.21. The fraction of sp³-hybridized carbons (Fsp3) is 0.182. The highest BCUT2D eigenvalue weighted by molar-refractivity contribution is 6.24. The summed E-state index contributed by atoms with van der Waals surface area (Å²) in [5.41, 5.74) is 2.95. The zero-order chi connectivity index (χ0) is 13.1. The van der Waals surface area contributed by atoms with Gasteiger partial charge in [0.2, 0.25) is 0 Å². The largest absolute Gasteiger partial charge is 0.302 e. The van der Waals surface area contributed by atoms with Crippen LogP contribution in [-0.2, 0) is 9.59 Å². The maximum absolute atomic E-state index is 11.1. The molecule has 0 bridgehead atoms. The highest BCUT2D eigenvalue weighted by atomic mass is 35.5. The Hall–Kier alpha value is -1.90. The van der Waals surface area contributed by atoms with Crippen molar-refractivity contribution < 1.29 is 9.59 Å². The Morgan fingerprint density at radius 1 is 1.71 bits per heavy atom. The highest BCUT2D eigenvalue weighted by Crippen LogP contribution is 2.11. The van der Waals surface area contributed by atoms with Crippen LogP contribution >= 0.6 is 11.6 Å². The van der Waals surface area contributed by atoms with E-state index >= 15 is 0 Å². The average molecular weight is 254 g/mol. The molecule has 0 aliphatic heterocycles. The molecule has 1 aliphatic carbocycles. The van der Waals surface area contributed by atoms with Crippen molar-refractivity contribution in [1.29, 1.82) is 5.26 Å². The molecule has 0 radical (unpaired) electrons. The number of aldehydes is 1. The van der Waals surface area contributed by atoms with Crippen LogP contribution in [0.2, 0.25) is 0 Å². The van der Waals surface area contributed by atoms with Gasteiger partial charge in [-0.2, -0.15) is 5.26 Å². The average Bonchev–Trinajstić information content (AvgIpc) is 2.63. The lowest BCUT2D eigenvalue weighted by molar-refractivity contribution is -0.117. The molecule has 0 saturated heterocycles. The van der Waals surface area contributed by atoms with Crippen LogP contribution < -0.4 is 11.3 Å². The van der Waals surface area contributed by atoms with Crippen molar-refractivity contribution in [3.63, 3.8) is 0 Å². The van der Waals surface area contributed by atoms with Crippen LogP contribution in [-0.4, -0.2) is 18.1 Å². The predicted molar refractivity (Wildman–Crippen MR) is 64.7 cm³/mol. The highest BCUT2D eigenvalue weighted by Gasteiger charge is 2.06. The molecule has 1 aliphatic rings. The van der Waals surface area contributed by atoms with E-state index in [9.17, 15) is 4.79 Å². The van der Waals surface area contributed by atoms with E-state index in [2.05, 4.69) is 0 Å². The summed E-state index contributed by atoms with van der Waals surface area (Å²) in [5.74, 6) is 4.69. The van der Waals surface area contributed by atoms with Crippen molar-refractivity contribution in [1.82, 2.24) is 5.43 Å². The molecule has 5 nitrogen and oxygen atoms in total. The van der Waals surface area contributed by atoms with E-state index < -0.39 is 0 Å². The van der Waals surface area contributed by atoms with Gasteiger partial charge in [-0.3, -0.25) is 10.2 Å². The second-order valence-electron chi connectivity index (χ2n) is 2.83. The summed E-state index contributed by atoms with van der Waals surface area (Å²) in [5, 5.41) is 8.65. The molecule has 0 saturated carbocycles. The maximum Gasteiger partial charge on any atom is 0.265 e. The molecule has 0 aromatic heterocycles. The van der Waals surface area contributed by atoms with Gasteiger partial charge >= 0.3 is 0 Å². The van der Waals surface area contributed by atoms with Gasteiger partial charge < -0.3 is 4.79 Å². The summed E-state index contributed by atoms with van der Waals surface area (Å²) >= 11 is 4.82. The summed E-state index contributed by atoms with van der Waals surface area (Å²) in [6.07, 6.45) is 7.88. The van der Waals surface area contributed by atoms with Crippen LogP contribution in [0.4, 0.5) is 0 Å². The molecule has 0 aromatic carbocycles. The zero-order valence-electron chi connectivity index (χ0n) is 9.02. The molecule has 3 N–H and O–H groups in total. The SMILES string of the molecule is N#CC1=CC(C(=O)NN)=CC=CC1.O=CCCl. The van der Waals surface area contributed by atoms with Gasteiger partial charge in [0, 0.05) is 17.6 Å². The number of nitrogens with two attached hydrogens (primary N) is 1. The molecular formula is C11H12ClN3O2. The number of carbonyl (C=O) groups excluding carboxylic acids is 2. The number of rotatable bonds is 2. The molecule has 0 heterocycles. The Kier molecular flexibility index (Phi) is 8.29. The standard InChI is InChI=1S/C9H9N3O.C2H3ClO/c10-6-7-3-1-2-4-8(5-7)9(13)12-11;3-1-2-4/h1-2,4-5H,3,11H2,(H,12,13);2H,1H2. The van der Waals surface area contributed by atoms with Gasteiger partial charge in [0.25, 0.3) is 5.91 Å². The number of nitrogens with zero attached hydrogens (tertiary/aromatic N) is 1. The summed E-state index contributed by atoms with van der Waals surface area (Å²) in [6, 6.07) is 2.00. The number of alkyl halides is 1. The number of halogens is 1. The quantitative estimate of drug-likeness (QED) is 0.249. The van der Waals surface area contributed by atoms with Crippen molar-refractivity contribution >= 4 is 23.8 Å². The summed E-state index contributed by atoms with van der Waals surface area (Å²) in [6.45, 7) is 0. The van der Waals surface area contributed by atoms with Gasteiger partial charge in [-0.1, -0.05) is 12.2 Å². The third-order valence-corrected chi connectivity index (χ3v) is 1.81. The first-order chi connectivity index (χ1) is 8.19. The van der Waals surface area contributed by atoms with Crippen LogP contribution in [0.1, 0.15) is 6.42 Å². The Morgan fingerprint density at radius 3 is 2.82 bits per heavy atom. The van der Waals surface area contributed by atoms with E-state index in [-0.39, 0.29) is 11.8 Å². The van der Waals surface area contributed by atoms with Gasteiger partial charge in [-0.15, -0.1) is 11.6 Å². The lowest BCUT2D eigenvalue weighted by Gasteiger charge is -1.98. The van der Waals surface area contributed by atoms with Crippen molar-refractivity contribution in [2.24, 2.45) is 5.84 Å². The van der Waals surface area contributed by atoms with Crippen molar-refractivity contribution in [2.75, 3.05) is 5.88 Å². The van der Waals surface area contributed by atoms with E-state index in [1.165, 1.54) is 6.08 Å². The topological polar surface area (TPSA) is 96.0 Å². The monoisotopic (exact) mass is 253 g/mol. The molecular weight excluding hydrogens is 242 g/mol. The van der Waals surface area contributed by atoms with E-state index in [0.29, 0.717) is 23.9 Å². The van der Waals surface area contributed by atoms with Gasteiger partial charge in [-0.05, 0) is 12.2 Å². The molecule has 0 spiro atoms. The molecule has 6 heteroatoms. The predicted octanol–water partition coefficient (Wildman–Crippen LogP) is 0.737. The first-order valence-electron chi connectivity index (χ1n) is 4.67. The first kappa shape index (κ1) is 15.1. The third kappa shape index (κ3) is 6.30. The van der Waals surface area contributed by atoms with Crippen molar-refractivity contribution in [2.45, 2.75) is 6.42 Å². The van der Waals surface area contributed by atoms with Crippen LogP contribution in [0, 0.1) is 11.3 Å². The van der Waals surface area contributed by atoms with Crippen molar-refractivity contribution in [3.05, 3.63) is 35.5 Å². The van der Waals surface area contributed by atoms with E-state index in [0.717, 1.165) is 0 Å². The van der Waals surface area contributed by atoms with Crippen LogP contribution in [0.15, 0.2) is 35.5 Å². The summed E-state index contributed by atoms with van der Waals surface area (Å²) in [7, 11) is 0. The minimum absolute atomic E-state index is 0.111. The number of hydrogen-bond donors (Lipinski definition) is 2. The Balaban J connectivity index is 0.000000557. The lowest BCUT2D eigenvalue weighted by Crippen LogP contribution is -2.30. The van der Waals surface area contributed by atoms with Gasteiger partial charge in [0.1, 0.15) is 6.29 Å². The Morgan fingerprint density at radius 2 is 2.35 bits per heavy atom. The summed E-state index contributed by atoms with van der Waals surface area (Å²) < 4.78 is 0. The smallest absolute Gasteiger partial charge is 0.265 e. The number of amides is 1. The molecule has 17 heavy (non-hydrogen) atoms. The molecule has 0 aromatic rings. The molecule has 0 atom stereocenters. The number of hydrazine groups is 1. The number of nitriles is 1. The number of allylic oxidation sites excluding steroid dienone is 4. The molecule has 0 unspecified atom stereocenters. The van der Waals surface area contributed by atoms with Gasteiger partial charge in [0.15, 0.2) is 0 Å². The van der Waals surface area contributed by atoms with Crippen LogP contribution in [0.25, 0.3) is 0 Å². The number of nitrogens with one attached hydrogen (secondary N) is 1. The second-order valence-corrected chi connectivity index (χ2v) is 3.14. The second kappa shape index (κ2) is 9.33. The lowest BCUT2D eigenvalue weighted by atomic mass is 10.1.